The van der Waals surface area contributed by atoms with E-state index in [1.807, 2.05) is 12.1 Å². The smallest absolute Gasteiger partial charge is 0.346 e. The predicted molar refractivity (Wildman–Crippen MR) is 147 cm³/mol. The van der Waals surface area contributed by atoms with Gasteiger partial charge >= 0.3 is 5.97 Å². The van der Waals surface area contributed by atoms with Gasteiger partial charge in [0.2, 0.25) is 5.88 Å². The highest BCUT2D eigenvalue weighted by Crippen LogP contribution is 2.30. The number of aromatic nitrogens is 3. The summed E-state index contributed by atoms with van der Waals surface area (Å²) in [6, 6.07) is 11.8. The first-order chi connectivity index (χ1) is 18.9. The van der Waals surface area contributed by atoms with Gasteiger partial charge in [-0.05, 0) is 42.7 Å². The molecule has 0 radical (unpaired) electrons. The van der Waals surface area contributed by atoms with Crippen LogP contribution < -0.4 is 4.74 Å². The Hall–Kier alpha value is -3.31. The quantitative estimate of drug-likeness (QED) is 0.279. The van der Waals surface area contributed by atoms with Crippen LogP contribution in [0, 0.1) is 5.82 Å². The van der Waals surface area contributed by atoms with Gasteiger partial charge in [0, 0.05) is 36.3 Å². The van der Waals surface area contributed by atoms with Crippen LogP contribution in [0.25, 0.3) is 15.9 Å². The number of thiophene rings is 1. The van der Waals surface area contributed by atoms with Crippen LogP contribution in [0.15, 0.2) is 48.5 Å². The zero-order valence-electron chi connectivity index (χ0n) is 21.0. The Morgan fingerprint density at radius 1 is 1.26 bits per heavy atom. The number of pyridine rings is 1. The van der Waals surface area contributed by atoms with E-state index >= 15 is 0 Å². The Labute approximate surface area is 233 Å². The molecule has 3 aromatic heterocycles. The Kier molecular flexibility index (Phi) is 7.35. The van der Waals surface area contributed by atoms with Crippen molar-refractivity contribution in [2.24, 2.45) is 0 Å². The molecule has 0 aliphatic carbocycles. The lowest BCUT2D eigenvalue weighted by atomic mass is 10.0. The van der Waals surface area contributed by atoms with Gasteiger partial charge in [-0.3, -0.25) is 4.90 Å². The van der Waals surface area contributed by atoms with Crippen LogP contribution in [0.1, 0.15) is 39.6 Å². The molecule has 11 heteroatoms. The molecule has 1 atom stereocenters. The van der Waals surface area contributed by atoms with Gasteiger partial charge in [0.15, 0.2) is 0 Å². The fourth-order valence-electron chi connectivity index (χ4n) is 4.76. The molecule has 1 saturated heterocycles. The van der Waals surface area contributed by atoms with Crippen molar-refractivity contribution in [2.45, 2.75) is 38.6 Å². The first kappa shape index (κ1) is 25.9. The molecule has 0 spiro atoms. The number of halogens is 2. The molecular formula is C28H26ClFN4O4S. The molecule has 8 nitrogen and oxygen atoms in total. The SMILES string of the molecule is O=C(O)c1cc2nc(CN3CC=C(c4cccc(OCc5ccc(Cl)cc5F)n4)CC3)n(C[C@@H]3CCO3)c2s1. The summed E-state index contributed by atoms with van der Waals surface area (Å²) in [4.78, 5) is 24.4. The van der Waals surface area contributed by atoms with Crippen molar-refractivity contribution < 1.29 is 23.8 Å². The van der Waals surface area contributed by atoms with Crippen molar-refractivity contribution in [1.29, 1.82) is 0 Å². The Bertz CT molecular complexity index is 1560. The number of hydrogen-bond donors (Lipinski definition) is 1. The van der Waals surface area contributed by atoms with Crippen molar-refractivity contribution in [3.05, 3.63) is 81.3 Å². The van der Waals surface area contributed by atoms with E-state index in [1.165, 1.54) is 17.4 Å². The topological polar surface area (TPSA) is 89.7 Å². The normalized spacial score (nSPS) is 17.7. The molecule has 2 aliphatic heterocycles. The van der Waals surface area contributed by atoms with Crippen molar-refractivity contribution in [2.75, 3.05) is 19.7 Å². The van der Waals surface area contributed by atoms with Crippen LogP contribution >= 0.6 is 22.9 Å². The largest absolute Gasteiger partial charge is 0.477 e. The molecule has 1 N–H and O–H groups in total. The lowest BCUT2D eigenvalue weighted by Crippen LogP contribution is -2.33. The zero-order chi connectivity index (χ0) is 26.9. The number of aromatic carboxylic acids is 1. The van der Waals surface area contributed by atoms with Crippen LogP contribution in [0.2, 0.25) is 5.02 Å². The van der Waals surface area contributed by atoms with Gasteiger partial charge < -0.3 is 19.1 Å². The van der Waals surface area contributed by atoms with Crippen molar-refractivity contribution in [3.8, 4) is 5.88 Å². The number of carbonyl (C=O) groups is 1. The first-order valence-electron chi connectivity index (χ1n) is 12.7. The van der Waals surface area contributed by atoms with Crippen LogP contribution in [0.5, 0.6) is 5.88 Å². The average molecular weight is 569 g/mol. The summed E-state index contributed by atoms with van der Waals surface area (Å²) in [5.74, 6) is 0.0198. The van der Waals surface area contributed by atoms with E-state index in [4.69, 9.17) is 26.1 Å². The molecule has 0 bridgehead atoms. The van der Waals surface area contributed by atoms with E-state index in [9.17, 15) is 14.3 Å². The van der Waals surface area contributed by atoms with Crippen LogP contribution in [0.4, 0.5) is 4.39 Å². The van der Waals surface area contributed by atoms with E-state index in [0.29, 0.717) is 34.4 Å². The summed E-state index contributed by atoms with van der Waals surface area (Å²) in [6.07, 6.45) is 4.12. The highest BCUT2D eigenvalue weighted by Gasteiger charge is 2.25. The predicted octanol–water partition coefficient (Wildman–Crippen LogP) is 5.64. The standard InChI is InChI=1S/C28H26ClFN4O4S/c29-19-5-4-18(21(30)12-19)16-38-26-3-1-2-22(32-26)17-6-9-33(10-7-17)15-25-31-23-13-24(28(35)36)39-27(23)34(25)14-20-8-11-37-20/h1-6,12-13,20H,7-11,14-16H2,(H,35,36)/t20-/m0/s1. The number of rotatable bonds is 9. The minimum absolute atomic E-state index is 0.0657. The maximum atomic E-state index is 14.1. The van der Waals surface area contributed by atoms with Gasteiger partial charge in [0.05, 0.1) is 24.9 Å². The lowest BCUT2D eigenvalue weighted by molar-refractivity contribution is -0.0591. The molecule has 1 aromatic carbocycles. The number of nitrogens with zero attached hydrogens (tertiary/aromatic N) is 4. The van der Waals surface area contributed by atoms with Gasteiger partial charge in [-0.1, -0.05) is 29.8 Å². The van der Waals surface area contributed by atoms with E-state index in [-0.39, 0.29) is 12.7 Å². The van der Waals surface area contributed by atoms with Crippen LogP contribution in [-0.2, 0) is 24.4 Å². The van der Waals surface area contributed by atoms with E-state index in [2.05, 4.69) is 20.5 Å². The minimum Gasteiger partial charge on any atom is -0.477 e. The molecule has 39 heavy (non-hydrogen) atoms. The molecule has 1 fully saturated rings. The monoisotopic (exact) mass is 568 g/mol. The molecular weight excluding hydrogens is 543 g/mol. The van der Waals surface area contributed by atoms with Gasteiger partial charge in [0.25, 0.3) is 0 Å². The van der Waals surface area contributed by atoms with E-state index in [1.54, 1.807) is 24.3 Å². The summed E-state index contributed by atoms with van der Waals surface area (Å²) < 4.78 is 27.6. The summed E-state index contributed by atoms with van der Waals surface area (Å²) in [6.45, 7) is 3.73. The third-order valence-electron chi connectivity index (χ3n) is 6.99. The third kappa shape index (κ3) is 5.69. The number of benzene rings is 1. The number of imidazole rings is 1. The van der Waals surface area contributed by atoms with Crippen molar-refractivity contribution >= 4 is 44.8 Å². The highest BCUT2D eigenvalue weighted by molar-refractivity contribution is 7.20. The molecule has 4 aromatic rings. The fourth-order valence-corrected chi connectivity index (χ4v) is 5.88. The Morgan fingerprint density at radius 3 is 2.85 bits per heavy atom. The number of carboxylic acids is 1. The van der Waals surface area contributed by atoms with Crippen molar-refractivity contribution in [3.63, 3.8) is 0 Å². The van der Waals surface area contributed by atoms with Crippen LogP contribution in [0.3, 0.4) is 0 Å². The van der Waals surface area contributed by atoms with Crippen LogP contribution in [-0.4, -0.2) is 56.3 Å². The maximum absolute atomic E-state index is 14.1. The molecule has 2 aliphatic rings. The second kappa shape index (κ2) is 11.1. The number of carboxylic acid groups (broad SMARTS) is 1. The van der Waals surface area contributed by atoms with Gasteiger partial charge in [-0.25, -0.2) is 19.2 Å². The minimum atomic E-state index is -0.931. The maximum Gasteiger partial charge on any atom is 0.346 e. The molecule has 0 unspecified atom stereocenters. The summed E-state index contributed by atoms with van der Waals surface area (Å²) >= 11 is 7.09. The highest BCUT2D eigenvalue weighted by atomic mass is 35.5. The molecule has 0 amide bonds. The summed E-state index contributed by atoms with van der Waals surface area (Å²) in [5.41, 5.74) is 3.11. The Balaban J connectivity index is 1.13. The Morgan fingerprint density at radius 2 is 2.13 bits per heavy atom. The molecule has 5 heterocycles. The molecule has 0 saturated carbocycles. The lowest BCUT2D eigenvalue weighted by Gasteiger charge is -2.29. The fraction of sp³-hybridized carbons (Fsp3) is 0.321. The van der Waals surface area contributed by atoms with Gasteiger partial charge in [-0.2, -0.15) is 0 Å². The second-order valence-corrected chi connectivity index (χ2v) is 11.1. The number of hydrogen-bond acceptors (Lipinski definition) is 7. The average Bonchev–Trinajstić information content (AvgIpc) is 3.45. The summed E-state index contributed by atoms with van der Waals surface area (Å²) in [5, 5.41) is 9.75. The van der Waals surface area contributed by atoms with E-state index in [0.717, 1.165) is 60.0 Å². The summed E-state index contributed by atoms with van der Waals surface area (Å²) in [7, 11) is 0. The zero-order valence-corrected chi connectivity index (χ0v) is 22.6. The van der Waals surface area contributed by atoms with Gasteiger partial charge in [0.1, 0.15) is 33.5 Å². The number of ether oxygens (including phenoxy) is 2. The second-order valence-electron chi connectivity index (χ2n) is 9.63. The van der Waals surface area contributed by atoms with Crippen molar-refractivity contribution in [1.82, 2.24) is 19.4 Å². The molecule has 202 valence electrons. The number of fused-ring (bicyclic) bond motifs is 1. The van der Waals surface area contributed by atoms with E-state index < -0.39 is 11.8 Å². The first-order valence-corrected chi connectivity index (χ1v) is 13.9. The van der Waals surface area contributed by atoms with Gasteiger partial charge in [-0.15, -0.1) is 11.3 Å². The third-order valence-corrected chi connectivity index (χ3v) is 8.36. The molecule has 6 rings (SSSR count).